The van der Waals surface area contributed by atoms with Crippen LogP contribution in [0.15, 0.2) is 22.4 Å². The van der Waals surface area contributed by atoms with Gasteiger partial charge >= 0.3 is 0 Å². The highest BCUT2D eigenvalue weighted by Gasteiger charge is 2.04. The molecule has 0 spiro atoms. The Morgan fingerprint density at radius 2 is 2.15 bits per heavy atom. The normalized spacial score (nSPS) is 12.8. The van der Waals surface area contributed by atoms with Crippen LogP contribution in [0.1, 0.15) is 6.92 Å². The minimum absolute atomic E-state index is 0.170. The van der Waals surface area contributed by atoms with E-state index in [0.29, 0.717) is 0 Å². The van der Waals surface area contributed by atoms with Crippen molar-refractivity contribution < 1.29 is 5.11 Å². The molecular weight excluding hydrogens is 204 g/mol. The van der Waals surface area contributed by atoms with Crippen LogP contribution < -0.4 is 0 Å². The highest BCUT2D eigenvalue weighted by molar-refractivity contribution is 8.00. The Bertz CT molecular complexity index is 270. The van der Waals surface area contributed by atoms with E-state index >= 15 is 0 Å². The highest BCUT2D eigenvalue weighted by atomic mass is 32.2. The molecule has 1 unspecified atom stereocenters. The molecule has 1 aromatic heterocycles. The van der Waals surface area contributed by atoms with Gasteiger partial charge in [0.25, 0.3) is 0 Å². The quantitative estimate of drug-likeness (QED) is 0.613. The summed E-state index contributed by atoms with van der Waals surface area (Å²) in [5, 5.41) is 10.9. The van der Waals surface area contributed by atoms with Gasteiger partial charge < -0.3 is 5.11 Å². The van der Waals surface area contributed by atoms with Gasteiger partial charge in [-0.15, -0.1) is 23.5 Å². The van der Waals surface area contributed by atoms with E-state index < -0.39 is 0 Å². The second-order valence-corrected chi connectivity index (χ2v) is 4.79. The Hall–Kier alpha value is -0.260. The zero-order chi connectivity index (χ0) is 9.68. The molecule has 3 nitrogen and oxygen atoms in total. The van der Waals surface area contributed by atoms with Gasteiger partial charge in [0.05, 0.1) is 6.61 Å². The van der Waals surface area contributed by atoms with Gasteiger partial charge in [-0.25, -0.2) is 9.97 Å². The van der Waals surface area contributed by atoms with Crippen molar-refractivity contribution in [3.05, 3.63) is 12.4 Å². The summed E-state index contributed by atoms with van der Waals surface area (Å²) >= 11 is 3.15. The number of thioether (sulfide) groups is 2. The van der Waals surface area contributed by atoms with Crippen molar-refractivity contribution in [2.24, 2.45) is 0 Å². The zero-order valence-electron chi connectivity index (χ0n) is 7.60. The van der Waals surface area contributed by atoms with Gasteiger partial charge in [0.2, 0.25) is 0 Å². The van der Waals surface area contributed by atoms with Crippen molar-refractivity contribution in [2.45, 2.75) is 22.2 Å². The first kappa shape index (κ1) is 10.8. The second kappa shape index (κ2) is 5.47. The fourth-order valence-corrected chi connectivity index (χ4v) is 1.97. The van der Waals surface area contributed by atoms with Crippen LogP contribution in [0.25, 0.3) is 0 Å². The van der Waals surface area contributed by atoms with E-state index in [1.54, 1.807) is 29.9 Å². The molecule has 0 bridgehead atoms. The fraction of sp³-hybridized carbons (Fsp3) is 0.500. The van der Waals surface area contributed by atoms with Crippen LogP contribution in [0.3, 0.4) is 0 Å². The SMILES string of the molecule is CSc1cc(SC(C)CO)ncn1. The van der Waals surface area contributed by atoms with E-state index in [-0.39, 0.29) is 11.9 Å². The predicted octanol–water partition coefficient (Wildman–Crippen LogP) is 1.67. The number of aliphatic hydroxyl groups excluding tert-OH is 1. The molecule has 0 saturated heterocycles. The monoisotopic (exact) mass is 216 g/mol. The van der Waals surface area contributed by atoms with Gasteiger partial charge in [-0.3, -0.25) is 0 Å². The summed E-state index contributed by atoms with van der Waals surface area (Å²) in [4.78, 5) is 8.17. The maximum Gasteiger partial charge on any atom is 0.117 e. The van der Waals surface area contributed by atoms with Crippen LogP contribution in [-0.2, 0) is 0 Å². The smallest absolute Gasteiger partial charge is 0.117 e. The Labute approximate surface area is 86.4 Å². The summed E-state index contributed by atoms with van der Waals surface area (Å²) in [6.07, 6.45) is 3.53. The first-order chi connectivity index (χ1) is 6.26. The van der Waals surface area contributed by atoms with Crippen molar-refractivity contribution in [3.8, 4) is 0 Å². The Kier molecular flexibility index (Phi) is 4.55. The van der Waals surface area contributed by atoms with Crippen molar-refractivity contribution in [1.82, 2.24) is 9.97 Å². The number of aromatic nitrogens is 2. The molecular formula is C8H12N2OS2. The maximum atomic E-state index is 8.85. The summed E-state index contributed by atoms with van der Waals surface area (Å²) in [7, 11) is 0. The molecule has 5 heteroatoms. The molecule has 1 heterocycles. The number of aliphatic hydroxyl groups is 1. The summed E-state index contributed by atoms with van der Waals surface area (Å²) < 4.78 is 0. The molecule has 13 heavy (non-hydrogen) atoms. The lowest BCUT2D eigenvalue weighted by Gasteiger charge is -2.06. The lowest BCUT2D eigenvalue weighted by Crippen LogP contribution is -2.02. The van der Waals surface area contributed by atoms with E-state index in [0.717, 1.165) is 10.1 Å². The Morgan fingerprint density at radius 1 is 1.46 bits per heavy atom. The van der Waals surface area contributed by atoms with Crippen molar-refractivity contribution >= 4 is 23.5 Å². The van der Waals surface area contributed by atoms with Crippen LogP contribution in [0.4, 0.5) is 0 Å². The molecule has 0 amide bonds. The summed E-state index contributed by atoms with van der Waals surface area (Å²) in [5.41, 5.74) is 0. The van der Waals surface area contributed by atoms with Crippen LogP contribution >= 0.6 is 23.5 Å². The first-order valence-electron chi connectivity index (χ1n) is 3.89. The van der Waals surface area contributed by atoms with E-state index in [4.69, 9.17) is 5.11 Å². The Balaban J connectivity index is 2.66. The van der Waals surface area contributed by atoms with Gasteiger partial charge in [0.15, 0.2) is 0 Å². The molecule has 0 aromatic carbocycles. The molecule has 0 aliphatic heterocycles. The number of rotatable bonds is 4. The largest absolute Gasteiger partial charge is 0.395 e. The number of hydrogen-bond donors (Lipinski definition) is 1. The van der Waals surface area contributed by atoms with E-state index in [1.165, 1.54) is 0 Å². The molecule has 0 aliphatic carbocycles. The molecule has 1 aromatic rings. The third kappa shape index (κ3) is 3.54. The van der Waals surface area contributed by atoms with Gasteiger partial charge in [0.1, 0.15) is 16.4 Å². The average Bonchev–Trinajstić information content (AvgIpc) is 2.18. The van der Waals surface area contributed by atoms with Crippen LogP contribution in [-0.4, -0.2) is 33.2 Å². The third-order valence-corrected chi connectivity index (χ3v) is 3.06. The van der Waals surface area contributed by atoms with Gasteiger partial charge in [-0.05, 0) is 6.26 Å². The molecule has 0 radical (unpaired) electrons. The predicted molar refractivity (Wildman–Crippen MR) is 56.2 cm³/mol. The minimum Gasteiger partial charge on any atom is -0.395 e. The second-order valence-electron chi connectivity index (χ2n) is 2.51. The summed E-state index contributed by atoms with van der Waals surface area (Å²) in [6, 6.07) is 1.93. The van der Waals surface area contributed by atoms with Gasteiger partial charge in [-0.2, -0.15) is 0 Å². The number of nitrogens with zero attached hydrogens (tertiary/aromatic N) is 2. The molecule has 0 saturated carbocycles. The Morgan fingerprint density at radius 3 is 2.77 bits per heavy atom. The summed E-state index contributed by atoms with van der Waals surface area (Å²) in [6.45, 7) is 2.13. The van der Waals surface area contributed by atoms with Crippen molar-refractivity contribution in [1.29, 1.82) is 0 Å². The van der Waals surface area contributed by atoms with Gasteiger partial charge in [0, 0.05) is 11.3 Å². The zero-order valence-corrected chi connectivity index (χ0v) is 9.23. The molecule has 72 valence electrons. The third-order valence-electron chi connectivity index (χ3n) is 1.41. The molecule has 0 fully saturated rings. The first-order valence-corrected chi connectivity index (χ1v) is 6.00. The van der Waals surface area contributed by atoms with E-state index in [2.05, 4.69) is 9.97 Å². The maximum absolute atomic E-state index is 8.85. The molecule has 1 rings (SSSR count). The van der Waals surface area contributed by atoms with Gasteiger partial charge in [-0.1, -0.05) is 6.92 Å². The minimum atomic E-state index is 0.170. The lowest BCUT2D eigenvalue weighted by molar-refractivity contribution is 0.300. The molecule has 1 N–H and O–H groups in total. The summed E-state index contributed by atoms with van der Waals surface area (Å²) in [5.74, 6) is 0. The topological polar surface area (TPSA) is 46.0 Å². The van der Waals surface area contributed by atoms with Crippen LogP contribution in [0.5, 0.6) is 0 Å². The van der Waals surface area contributed by atoms with E-state index in [1.807, 2.05) is 19.2 Å². The standard InChI is InChI=1S/C8H12N2OS2/c1-6(4-11)13-8-3-7(12-2)9-5-10-8/h3,5-6,11H,4H2,1-2H3. The molecule has 0 aliphatic rings. The van der Waals surface area contributed by atoms with Crippen LogP contribution in [0, 0.1) is 0 Å². The van der Waals surface area contributed by atoms with Crippen LogP contribution in [0.2, 0.25) is 0 Å². The van der Waals surface area contributed by atoms with Crippen molar-refractivity contribution in [2.75, 3.05) is 12.9 Å². The highest BCUT2D eigenvalue weighted by Crippen LogP contribution is 2.22. The number of hydrogen-bond acceptors (Lipinski definition) is 5. The van der Waals surface area contributed by atoms with Crippen molar-refractivity contribution in [3.63, 3.8) is 0 Å². The fourth-order valence-electron chi connectivity index (χ4n) is 0.742. The molecule has 1 atom stereocenters. The lowest BCUT2D eigenvalue weighted by atomic mass is 10.5. The average molecular weight is 216 g/mol. The van der Waals surface area contributed by atoms with E-state index in [9.17, 15) is 0 Å².